The summed E-state index contributed by atoms with van der Waals surface area (Å²) in [5.74, 6) is -1.55. The smallest absolute Gasteiger partial charge is 0.405 e. The van der Waals surface area contributed by atoms with Gasteiger partial charge >= 0.3 is 12.4 Å². The zero-order chi connectivity index (χ0) is 31.6. The fraction of sp³-hybridized carbons (Fsp3) is 0.440. The number of carbonyl (C=O) groups is 1. The van der Waals surface area contributed by atoms with Crippen molar-refractivity contribution in [2.45, 2.75) is 39.2 Å². The van der Waals surface area contributed by atoms with Crippen LogP contribution in [0.4, 0.5) is 46.8 Å². The van der Waals surface area contributed by atoms with E-state index in [1.807, 2.05) is 0 Å². The summed E-state index contributed by atoms with van der Waals surface area (Å²) < 4.78 is 109. The molecule has 0 radical (unpaired) electrons. The number of halogens is 10. The Morgan fingerprint density at radius 3 is 2.33 bits per heavy atom. The minimum absolute atomic E-state index is 0.0338. The molecule has 1 amide bonds. The first-order chi connectivity index (χ1) is 19.3. The van der Waals surface area contributed by atoms with Crippen LogP contribution in [0, 0.1) is 5.41 Å². The number of benzene rings is 2. The van der Waals surface area contributed by atoms with Gasteiger partial charge in [0, 0.05) is 26.2 Å². The third-order valence-electron chi connectivity index (χ3n) is 6.10. The van der Waals surface area contributed by atoms with Crippen LogP contribution < -0.4 is 20.7 Å². The maximum atomic E-state index is 13.2. The fourth-order valence-electron chi connectivity index (χ4n) is 3.62. The lowest BCUT2D eigenvalue weighted by Gasteiger charge is -2.28. The normalized spacial score (nSPS) is 12.7. The Bertz CT molecular complexity index is 1440. The summed E-state index contributed by atoms with van der Waals surface area (Å²) in [6, 6.07) is 5.24. The third-order valence-corrected chi connectivity index (χ3v) is 6.85. The zero-order valence-corrected chi connectivity index (χ0v) is 23.7. The summed E-state index contributed by atoms with van der Waals surface area (Å²) >= 11 is 12.8. The second-order valence-electron chi connectivity index (χ2n) is 9.84. The summed E-state index contributed by atoms with van der Waals surface area (Å²) in [6.45, 7) is -1.11. The van der Waals surface area contributed by atoms with E-state index in [-0.39, 0.29) is 39.3 Å². The molecular formula is C25H25Cl2F8N5O2. The van der Waals surface area contributed by atoms with Crippen LogP contribution >= 0.6 is 23.2 Å². The molecule has 3 aromatic rings. The Morgan fingerprint density at radius 2 is 1.74 bits per heavy atom. The number of hydrogen-bond acceptors (Lipinski definition) is 5. The van der Waals surface area contributed by atoms with Gasteiger partial charge in [-0.2, -0.15) is 26.3 Å². The van der Waals surface area contributed by atoms with Crippen molar-refractivity contribution >= 4 is 51.8 Å². The van der Waals surface area contributed by atoms with Gasteiger partial charge in [-0.3, -0.25) is 4.79 Å². The standard InChI is InChI=1S/C25H25Cl2F8N5O2/c1-23(2,25(33,34)35)10-36-8-12-4-5-14(26)20(19(12)27)39-22-38-15-6-13(21(41)37-11-24(30,31)32)17(42-9-18(28)29)7-16(15)40(22)3/h4-7,18,36H,8-11H2,1-3H3,(H,37,41)(H,38,39). The molecule has 0 aliphatic heterocycles. The van der Waals surface area contributed by atoms with Gasteiger partial charge in [-0.1, -0.05) is 29.3 Å². The maximum Gasteiger partial charge on any atom is 0.405 e. The molecule has 0 bridgehead atoms. The van der Waals surface area contributed by atoms with Crippen molar-refractivity contribution in [3.63, 3.8) is 0 Å². The molecule has 232 valence electrons. The quantitative estimate of drug-likeness (QED) is 0.191. The summed E-state index contributed by atoms with van der Waals surface area (Å²) in [5, 5.41) is 7.48. The van der Waals surface area contributed by atoms with Gasteiger partial charge < -0.3 is 25.3 Å². The topological polar surface area (TPSA) is 80.2 Å². The molecule has 3 N–H and O–H groups in total. The van der Waals surface area contributed by atoms with Gasteiger partial charge in [0.25, 0.3) is 12.3 Å². The highest BCUT2D eigenvalue weighted by Gasteiger charge is 2.46. The first-order valence-electron chi connectivity index (χ1n) is 12.1. The van der Waals surface area contributed by atoms with Crippen molar-refractivity contribution in [3.8, 4) is 5.75 Å². The third kappa shape index (κ3) is 8.07. The molecule has 7 nitrogen and oxygen atoms in total. The molecule has 0 saturated heterocycles. The minimum Gasteiger partial charge on any atom is -0.487 e. The molecule has 3 rings (SSSR count). The SMILES string of the molecule is Cn1c(Nc2c(Cl)ccc(CNCC(C)(C)C(F)(F)F)c2Cl)nc2cc(C(=O)NCC(F)(F)F)c(OCC(F)F)cc21. The average Bonchev–Trinajstić information content (AvgIpc) is 3.17. The van der Waals surface area contributed by atoms with Crippen LogP contribution in [0.3, 0.4) is 0 Å². The number of nitrogens with one attached hydrogen (secondary N) is 3. The van der Waals surface area contributed by atoms with Crippen molar-refractivity contribution in [3.05, 3.63) is 45.4 Å². The number of amides is 1. The van der Waals surface area contributed by atoms with E-state index in [9.17, 15) is 39.9 Å². The zero-order valence-electron chi connectivity index (χ0n) is 22.2. The molecular weight excluding hydrogens is 625 g/mol. The number of aromatic nitrogens is 2. The lowest BCUT2D eigenvalue weighted by molar-refractivity contribution is -0.209. The molecule has 42 heavy (non-hydrogen) atoms. The number of hydrogen-bond donors (Lipinski definition) is 3. The van der Waals surface area contributed by atoms with Crippen molar-refractivity contribution < 1.29 is 44.7 Å². The maximum absolute atomic E-state index is 13.2. The predicted octanol–water partition coefficient (Wildman–Crippen LogP) is 7.24. The van der Waals surface area contributed by atoms with E-state index in [1.54, 1.807) is 5.32 Å². The number of fused-ring (bicyclic) bond motifs is 1. The first-order valence-corrected chi connectivity index (χ1v) is 12.8. The highest BCUT2D eigenvalue weighted by molar-refractivity contribution is 6.39. The largest absolute Gasteiger partial charge is 0.487 e. The molecule has 2 aromatic carbocycles. The van der Waals surface area contributed by atoms with Crippen LogP contribution in [-0.2, 0) is 13.6 Å². The second-order valence-corrected chi connectivity index (χ2v) is 10.6. The molecule has 0 aliphatic rings. The van der Waals surface area contributed by atoms with Gasteiger partial charge in [0.1, 0.15) is 18.9 Å². The first kappa shape index (κ1) is 33.5. The highest BCUT2D eigenvalue weighted by Crippen LogP contribution is 2.38. The van der Waals surface area contributed by atoms with Crippen LogP contribution in [0.2, 0.25) is 10.0 Å². The molecule has 1 aromatic heterocycles. The molecule has 0 atom stereocenters. The van der Waals surface area contributed by atoms with Gasteiger partial charge in [0.15, 0.2) is 0 Å². The predicted molar refractivity (Wildman–Crippen MR) is 142 cm³/mol. The number of imidazole rings is 1. The lowest BCUT2D eigenvalue weighted by atomic mass is 9.92. The van der Waals surface area contributed by atoms with E-state index < -0.39 is 61.1 Å². The van der Waals surface area contributed by atoms with E-state index in [1.165, 1.54) is 29.8 Å². The monoisotopic (exact) mass is 649 g/mol. The summed E-state index contributed by atoms with van der Waals surface area (Å²) in [7, 11) is 1.50. The van der Waals surface area contributed by atoms with Crippen LogP contribution in [0.1, 0.15) is 29.8 Å². The number of aryl methyl sites for hydroxylation is 1. The Morgan fingerprint density at radius 1 is 1.07 bits per heavy atom. The fourth-order valence-corrected chi connectivity index (χ4v) is 4.16. The van der Waals surface area contributed by atoms with Crippen molar-refractivity contribution in [2.24, 2.45) is 12.5 Å². The Kier molecular flexibility index (Phi) is 10.1. The number of anilines is 2. The van der Waals surface area contributed by atoms with E-state index >= 15 is 0 Å². The van der Waals surface area contributed by atoms with Gasteiger partial charge in [-0.25, -0.2) is 13.8 Å². The summed E-state index contributed by atoms with van der Waals surface area (Å²) in [5.41, 5.74) is -1.58. The molecule has 17 heteroatoms. The van der Waals surface area contributed by atoms with Crippen LogP contribution in [-0.4, -0.2) is 53.9 Å². The van der Waals surface area contributed by atoms with Gasteiger partial charge in [0.05, 0.1) is 37.7 Å². The summed E-state index contributed by atoms with van der Waals surface area (Å²) in [6.07, 6.45) is -12.1. The van der Waals surface area contributed by atoms with Crippen LogP contribution in [0.25, 0.3) is 11.0 Å². The van der Waals surface area contributed by atoms with Crippen molar-refractivity contribution in [1.82, 2.24) is 20.2 Å². The van der Waals surface area contributed by atoms with E-state index in [2.05, 4.69) is 15.6 Å². The average molecular weight is 650 g/mol. The van der Waals surface area contributed by atoms with Crippen molar-refractivity contribution in [1.29, 1.82) is 0 Å². The van der Waals surface area contributed by atoms with Crippen molar-refractivity contribution in [2.75, 3.05) is 25.0 Å². The second kappa shape index (κ2) is 12.7. The number of nitrogens with zero attached hydrogens (tertiary/aromatic N) is 2. The Labute approximate surface area is 244 Å². The van der Waals surface area contributed by atoms with Gasteiger partial charge in [-0.15, -0.1) is 0 Å². The molecule has 0 aliphatic carbocycles. The van der Waals surface area contributed by atoms with Crippen LogP contribution in [0.5, 0.6) is 5.75 Å². The summed E-state index contributed by atoms with van der Waals surface area (Å²) in [4.78, 5) is 16.8. The lowest BCUT2D eigenvalue weighted by Crippen LogP contribution is -2.41. The van der Waals surface area contributed by atoms with E-state index in [4.69, 9.17) is 27.9 Å². The van der Waals surface area contributed by atoms with Crippen LogP contribution in [0.15, 0.2) is 24.3 Å². The van der Waals surface area contributed by atoms with E-state index in [0.717, 1.165) is 19.9 Å². The minimum atomic E-state index is -4.72. The van der Waals surface area contributed by atoms with Gasteiger partial charge in [0.2, 0.25) is 5.95 Å². The van der Waals surface area contributed by atoms with Gasteiger partial charge in [-0.05, 0) is 31.5 Å². The number of carbonyl (C=O) groups excluding carboxylic acids is 1. The number of alkyl halides is 8. The molecule has 0 spiro atoms. The Hall–Kier alpha value is -3.04. The highest BCUT2D eigenvalue weighted by atomic mass is 35.5. The van der Waals surface area contributed by atoms with E-state index in [0.29, 0.717) is 5.56 Å². The Balaban J connectivity index is 1.93. The molecule has 1 heterocycles. The molecule has 0 saturated carbocycles. The molecule has 0 fully saturated rings. The number of ether oxygens (including phenoxy) is 1. The molecule has 0 unspecified atom stereocenters. The number of rotatable bonds is 11.